The second-order valence-electron chi connectivity index (χ2n) is 4.74. The monoisotopic (exact) mass is 219 g/mol. The quantitative estimate of drug-likeness (QED) is 0.775. The Kier molecular flexibility index (Phi) is 2.42. The van der Waals surface area contributed by atoms with Crippen molar-refractivity contribution in [2.75, 3.05) is 11.9 Å². The zero-order chi connectivity index (χ0) is 11.0. The number of aromatic nitrogens is 2. The van der Waals surface area contributed by atoms with E-state index in [0.717, 1.165) is 37.4 Å². The van der Waals surface area contributed by atoms with Crippen LogP contribution in [-0.4, -0.2) is 22.4 Å². The van der Waals surface area contributed by atoms with Crippen molar-refractivity contribution >= 4 is 12.1 Å². The van der Waals surface area contributed by atoms with Crippen molar-refractivity contribution in [1.82, 2.24) is 9.55 Å². The molecule has 1 aliphatic heterocycles. The zero-order valence-corrected chi connectivity index (χ0v) is 9.41. The lowest BCUT2D eigenvalue weighted by Gasteiger charge is -2.20. The number of nitrogens with zero attached hydrogens (tertiary/aromatic N) is 2. The molecule has 0 amide bonds. The number of anilines is 1. The Bertz CT molecular complexity index is 405. The van der Waals surface area contributed by atoms with Crippen LogP contribution in [-0.2, 0) is 6.54 Å². The molecule has 0 unspecified atom stereocenters. The Labute approximate surface area is 95.1 Å². The largest absolute Gasteiger partial charge is 0.369 e. The van der Waals surface area contributed by atoms with Gasteiger partial charge < -0.3 is 9.88 Å². The van der Waals surface area contributed by atoms with Crippen LogP contribution >= 0.6 is 0 Å². The van der Waals surface area contributed by atoms with E-state index in [-0.39, 0.29) is 0 Å². The van der Waals surface area contributed by atoms with Crippen LogP contribution in [0.25, 0.3) is 0 Å². The number of carbonyl (C=O) groups excluding carboxylic acids is 1. The van der Waals surface area contributed by atoms with Crippen LogP contribution in [0, 0.1) is 0 Å². The van der Waals surface area contributed by atoms with Crippen LogP contribution in [0.2, 0.25) is 0 Å². The maximum absolute atomic E-state index is 11.0. The number of hydrogen-bond acceptors (Lipinski definition) is 3. The summed E-state index contributed by atoms with van der Waals surface area (Å²) in [6.45, 7) is 1.96. The summed E-state index contributed by atoms with van der Waals surface area (Å²) in [5.74, 6) is 2.66. The fraction of sp³-hybridized carbons (Fsp3) is 0.667. The number of aldehydes is 1. The molecule has 86 valence electrons. The van der Waals surface area contributed by atoms with Gasteiger partial charge in [-0.2, -0.15) is 0 Å². The van der Waals surface area contributed by atoms with Crippen LogP contribution in [0.15, 0.2) is 0 Å². The first-order chi connectivity index (χ1) is 7.90. The van der Waals surface area contributed by atoms with Gasteiger partial charge in [-0.1, -0.05) is 12.8 Å². The first-order valence-electron chi connectivity index (χ1n) is 6.19. The van der Waals surface area contributed by atoms with E-state index in [4.69, 9.17) is 0 Å². The van der Waals surface area contributed by atoms with Crippen molar-refractivity contribution in [3.63, 3.8) is 0 Å². The van der Waals surface area contributed by atoms with Gasteiger partial charge >= 0.3 is 0 Å². The SMILES string of the molecule is O=Cc1nc(C2CCCC2)n2c1NCCC2. The second kappa shape index (κ2) is 3.92. The summed E-state index contributed by atoms with van der Waals surface area (Å²) in [4.78, 5) is 15.5. The highest BCUT2D eigenvalue weighted by atomic mass is 16.1. The Balaban J connectivity index is 2.03. The topological polar surface area (TPSA) is 46.9 Å². The van der Waals surface area contributed by atoms with Gasteiger partial charge in [0.1, 0.15) is 17.3 Å². The van der Waals surface area contributed by atoms with Gasteiger partial charge in [0, 0.05) is 19.0 Å². The summed E-state index contributed by atoms with van der Waals surface area (Å²) in [6, 6.07) is 0. The summed E-state index contributed by atoms with van der Waals surface area (Å²) in [5, 5.41) is 3.30. The number of rotatable bonds is 2. The molecule has 0 saturated heterocycles. The molecule has 0 atom stereocenters. The molecule has 0 bridgehead atoms. The predicted molar refractivity (Wildman–Crippen MR) is 61.9 cm³/mol. The van der Waals surface area contributed by atoms with Crippen molar-refractivity contribution < 1.29 is 4.79 Å². The Hall–Kier alpha value is -1.32. The molecule has 0 radical (unpaired) electrons. The third kappa shape index (κ3) is 1.44. The normalized spacial score (nSPS) is 20.5. The fourth-order valence-electron chi connectivity index (χ4n) is 2.92. The molecule has 4 heteroatoms. The van der Waals surface area contributed by atoms with E-state index in [2.05, 4.69) is 14.9 Å². The van der Waals surface area contributed by atoms with Gasteiger partial charge in [-0.25, -0.2) is 4.98 Å². The Morgan fingerprint density at radius 2 is 2.12 bits per heavy atom. The van der Waals surface area contributed by atoms with E-state index in [1.807, 2.05) is 0 Å². The van der Waals surface area contributed by atoms with Gasteiger partial charge in [0.2, 0.25) is 0 Å². The molecule has 1 aromatic heterocycles. The molecule has 1 N–H and O–H groups in total. The lowest BCUT2D eigenvalue weighted by molar-refractivity contribution is 0.112. The molecule has 1 fully saturated rings. The molecule has 1 aromatic rings. The second-order valence-corrected chi connectivity index (χ2v) is 4.74. The smallest absolute Gasteiger partial charge is 0.172 e. The van der Waals surface area contributed by atoms with Gasteiger partial charge in [0.25, 0.3) is 0 Å². The molecule has 16 heavy (non-hydrogen) atoms. The third-order valence-corrected chi connectivity index (χ3v) is 3.71. The highest BCUT2D eigenvalue weighted by molar-refractivity contribution is 5.80. The molecule has 2 heterocycles. The first kappa shape index (κ1) is 9.87. The first-order valence-corrected chi connectivity index (χ1v) is 6.19. The van der Waals surface area contributed by atoms with Gasteiger partial charge in [-0.05, 0) is 19.3 Å². The van der Waals surface area contributed by atoms with Crippen molar-refractivity contribution in [3.05, 3.63) is 11.5 Å². The number of nitrogens with one attached hydrogen (secondary N) is 1. The predicted octanol–water partition coefficient (Wildman–Crippen LogP) is 2.17. The minimum atomic E-state index is 0.576. The van der Waals surface area contributed by atoms with E-state index >= 15 is 0 Å². The maximum Gasteiger partial charge on any atom is 0.172 e. The number of imidazole rings is 1. The third-order valence-electron chi connectivity index (χ3n) is 3.71. The van der Waals surface area contributed by atoms with Crippen molar-refractivity contribution in [3.8, 4) is 0 Å². The molecule has 0 aromatic carbocycles. The van der Waals surface area contributed by atoms with E-state index < -0.39 is 0 Å². The number of fused-ring (bicyclic) bond motifs is 1. The van der Waals surface area contributed by atoms with Crippen molar-refractivity contribution in [2.45, 2.75) is 44.6 Å². The standard InChI is InChI=1S/C12H17N3O/c16-8-10-12-13-6-3-7-15(12)11(14-10)9-4-1-2-5-9/h8-9,13H,1-7H2. The summed E-state index contributed by atoms with van der Waals surface area (Å²) in [5.41, 5.74) is 0.599. The summed E-state index contributed by atoms with van der Waals surface area (Å²) in [7, 11) is 0. The lowest BCUT2D eigenvalue weighted by atomic mass is 10.1. The highest BCUT2D eigenvalue weighted by Gasteiger charge is 2.26. The minimum Gasteiger partial charge on any atom is -0.369 e. The molecule has 1 aliphatic carbocycles. The van der Waals surface area contributed by atoms with Crippen LogP contribution in [0.3, 0.4) is 0 Å². The van der Waals surface area contributed by atoms with Gasteiger partial charge in [-0.3, -0.25) is 4.79 Å². The Morgan fingerprint density at radius 3 is 2.88 bits per heavy atom. The Morgan fingerprint density at radius 1 is 1.31 bits per heavy atom. The zero-order valence-electron chi connectivity index (χ0n) is 9.41. The van der Waals surface area contributed by atoms with Crippen LogP contribution < -0.4 is 5.32 Å². The van der Waals surface area contributed by atoms with Gasteiger partial charge in [-0.15, -0.1) is 0 Å². The molecule has 3 rings (SSSR count). The van der Waals surface area contributed by atoms with E-state index in [9.17, 15) is 4.79 Å². The fourth-order valence-corrected chi connectivity index (χ4v) is 2.92. The van der Waals surface area contributed by atoms with E-state index in [0.29, 0.717) is 11.6 Å². The summed E-state index contributed by atoms with van der Waals surface area (Å²) >= 11 is 0. The lowest BCUT2D eigenvalue weighted by Crippen LogP contribution is -2.19. The summed E-state index contributed by atoms with van der Waals surface area (Å²) in [6.07, 6.45) is 7.07. The van der Waals surface area contributed by atoms with Crippen LogP contribution in [0.4, 0.5) is 5.82 Å². The molecular weight excluding hydrogens is 202 g/mol. The molecule has 0 spiro atoms. The average Bonchev–Trinajstić information content (AvgIpc) is 2.95. The van der Waals surface area contributed by atoms with Crippen molar-refractivity contribution in [1.29, 1.82) is 0 Å². The van der Waals surface area contributed by atoms with Crippen molar-refractivity contribution in [2.24, 2.45) is 0 Å². The molecule has 4 nitrogen and oxygen atoms in total. The molecule has 1 saturated carbocycles. The van der Waals surface area contributed by atoms with E-state index in [1.54, 1.807) is 0 Å². The van der Waals surface area contributed by atoms with Gasteiger partial charge in [0.05, 0.1) is 0 Å². The molecule has 2 aliphatic rings. The van der Waals surface area contributed by atoms with E-state index in [1.165, 1.54) is 25.7 Å². The number of carbonyl (C=O) groups is 1. The summed E-state index contributed by atoms with van der Waals surface area (Å²) < 4.78 is 2.23. The van der Waals surface area contributed by atoms with Crippen LogP contribution in [0.1, 0.15) is 54.3 Å². The highest BCUT2D eigenvalue weighted by Crippen LogP contribution is 2.36. The number of hydrogen-bond donors (Lipinski definition) is 1. The average molecular weight is 219 g/mol. The van der Waals surface area contributed by atoms with Gasteiger partial charge in [0.15, 0.2) is 6.29 Å². The van der Waals surface area contributed by atoms with Crippen LogP contribution in [0.5, 0.6) is 0 Å². The minimum absolute atomic E-state index is 0.576. The molecular formula is C12H17N3O. The maximum atomic E-state index is 11.0.